The predicted molar refractivity (Wildman–Crippen MR) is 105 cm³/mol. The van der Waals surface area contributed by atoms with Gasteiger partial charge in [0.05, 0.1) is 0 Å². The summed E-state index contributed by atoms with van der Waals surface area (Å²) in [5.41, 5.74) is 0. The van der Waals surface area contributed by atoms with Crippen molar-refractivity contribution in [1.29, 1.82) is 0 Å². The molecule has 0 unspecified atom stereocenters. The summed E-state index contributed by atoms with van der Waals surface area (Å²) < 4.78 is 32.6. The Morgan fingerprint density at radius 3 is 1.84 bits per heavy atom. The van der Waals surface area contributed by atoms with Crippen molar-refractivity contribution in [3.8, 4) is 0 Å². The molecule has 0 atom stereocenters. The summed E-state index contributed by atoms with van der Waals surface area (Å²) >= 11 is 0. The van der Waals surface area contributed by atoms with E-state index in [2.05, 4.69) is 18.4 Å². The van der Waals surface area contributed by atoms with E-state index in [1.807, 2.05) is 20.8 Å². The fourth-order valence-electron chi connectivity index (χ4n) is 3.57. The zero-order valence-electron chi connectivity index (χ0n) is 17.0. The molecule has 1 fully saturated rings. The Morgan fingerprint density at radius 1 is 0.800 bits per heavy atom. The van der Waals surface area contributed by atoms with Crippen LogP contribution in [0.3, 0.4) is 0 Å². The van der Waals surface area contributed by atoms with Gasteiger partial charge in [-0.1, -0.05) is 0 Å². The molecule has 8 heteroatoms. The molecule has 0 N–H and O–H groups in total. The maximum Gasteiger partial charge on any atom is 0.500 e. The highest BCUT2D eigenvalue weighted by Crippen LogP contribution is 2.29. The summed E-state index contributed by atoms with van der Waals surface area (Å²) in [5, 5.41) is 0. The van der Waals surface area contributed by atoms with Crippen LogP contribution in [-0.4, -0.2) is 68.2 Å². The highest BCUT2D eigenvalue weighted by atomic mass is 28.4. The molecule has 0 amide bonds. The molecule has 1 aliphatic heterocycles. The third-order valence-corrected chi connectivity index (χ3v) is 11.4. The number of unbranched alkanes of at least 4 members (excludes halogenated alkanes) is 1. The van der Waals surface area contributed by atoms with E-state index in [0.717, 1.165) is 51.2 Å². The lowest BCUT2D eigenvalue weighted by Crippen LogP contribution is -2.55. The Hall–Kier alpha value is 0.194. The molecule has 1 saturated heterocycles. The Kier molecular flexibility index (Phi) is 11.7. The lowest BCUT2D eigenvalue weighted by Gasteiger charge is -2.34. The van der Waals surface area contributed by atoms with Crippen LogP contribution in [0.2, 0.25) is 12.1 Å². The smallest absolute Gasteiger partial charge is 0.383 e. The van der Waals surface area contributed by atoms with Gasteiger partial charge in [0, 0.05) is 45.1 Å². The van der Waals surface area contributed by atoms with Gasteiger partial charge in [0.1, 0.15) is 0 Å². The van der Waals surface area contributed by atoms with E-state index in [4.69, 9.17) is 22.1 Å². The van der Waals surface area contributed by atoms with Crippen LogP contribution < -0.4 is 0 Å². The van der Waals surface area contributed by atoms with Gasteiger partial charge >= 0.3 is 17.5 Å². The molecule has 0 spiro atoms. The predicted octanol–water partition coefficient (Wildman–Crippen LogP) is 3.53. The van der Waals surface area contributed by atoms with Gasteiger partial charge in [0.2, 0.25) is 0 Å². The van der Waals surface area contributed by atoms with Gasteiger partial charge in [-0.25, -0.2) is 0 Å². The van der Waals surface area contributed by atoms with Gasteiger partial charge < -0.3 is 22.1 Å². The van der Waals surface area contributed by atoms with Crippen molar-refractivity contribution in [2.24, 2.45) is 0 Å². The van der Waals surface area contributed by atoms with E-state index in [1.54, 1.807) is 0 Å². The zero-order chi connectivity index (χ0) is 18.6. The minimum atomic E-state index is -2.51. The highest BCUT2D eigenvalue weighted by Gasteiger charge is 2.48. The third kappa shape index (κ3) is 7.02. The summed E-state index contributed by atoms with van der Waals surface area (Å²) in [6.07, 6.45) is 3.32. The molecule has 0 saturated carbocycles. The van der Waals surface area contributed by atoms with Crippen molar-refractivity contribution in [2.45, 2.75) is 66.0 Å². The molecule has 0 aromatic rings. The fourth-order valence-corrected chi connectivity index (χ4v) is 9.81. The molecular formula is C17H39NO5Si2. The number of nitrogens with zero attached hydrogens (tertiary/aromatic N) is 1. The molecule has 6 nitrogen and oxygen atoms in total. The first-order valence-corrected chi connectivity index (χ1v) is 14.0. The fraction of sp³-hybridized carbons (Fsp3) is 1.00. The molecule has 0 bridgehead atoms. The molecule has 0 aliphatic carbocycles. The normalized spacial score (nSPS) is 18.1. The van der Waals surface area contributed by atoms with E-state index < -0.39 is 17.5 Å². The molecule has 1 heterocycles. The van der Waals surface area contributed by atoms with Crippen LogP contribution in [0.4, 0.5) is 0 Å². The standard InChI is InChI=1S/C17H39NO5Si2/c1-6-19-24(20-7-2)16-13-15-18(24)14-11-12-17-25(21-8-3,22-9-4)23-10-5/h6-17H2,1-5H3. The van der Waals surface area contributed by atoms with Crippen LogP contribution in [0, 0.1) is 0 Å². The van der Waals surface area contributed by atoms with E-state index in [1.165, 1.54) is 6.42 Å². The molecule has 25 heavy (non-hydrogen) atoms. The highest BCUT2D eigenvalue weighted by molar-refractivity contribution is 6.65. The van der Waals surface area contributed by atoms with Gasteiger partial charge in [-0.2, -0.15) is 0 Å². The Labute approximate surface area is 156 Å². The van der Waals surface area contributed by atoms with Crippen molar-refractivity contribution in [3.63, 3.8) is 0 Å². The zero-order valence-corrected chi connectivity index (χ0v) is 19.0. The topological polar surface area (TPSA) is 49.4 Å². The average Bonchev–Trinajstić information content (AvgIpc) is 2.96. The Bertz CT molecular complexity index is 326. The van der Waals surface area contributed by atoms with E-state index >= 15 is 0 Å². The average molecular weight is 394 g/mol. The van der Waals surface area contributed by atoms with E-state index in [9.17, 15) is 0 Å². The van der Waals surface area contributed by atoms with Crippen LogP contribution in [0.15, 0.2) is 0 Å². The van der Waals surface area contributed by atoms with Crippen LogP contribution in [0.5, 0.6) is 0 Å². The summed E-state index contributed by atoms with van der Waals surface area (Å²) in [4.78, 5) is 0. The first kappa shape index (κ1) is 23.2. The van der Waals surface area contributed by atoms with Crippen molar-refractivity contribution < 1.29 is 22.1 Å². The third-order valence-electron chi connectivity index (χ3n) is 4.40. The quantitative estimate of drug-likeness (QED) is 0.313. The maximum atomic E-state index is 6.13. The van der Waals surface area contributed by atoms with Crippen molar-refractivity contribution >= 4 is 17.5 Å². The van der Waals surface area contributed by atoms with Crippen LogP contribution >= 0.6 is 0 Å². The largest absolute Gasteiger partial charge is 0.500 e. The van der Waals surface area contributed by atoms with Gasteiger partial charge in [0.25, 0.3) is 0 Å². The van der Waals surface area contributed by atoms with Crippen LogP contribution in [0.1, 0.15) is 53.9 Å². The molecule has 150 valence electrons. The van der Waals surface area contributed by atoms with Gasteiger partial charge in [0.15, 0.2) is 0 Å². The van der Waals surface area contributed by atoms with Crippen molar-refractivity contribution in [2.75, 3.05) is 46.1 Å². The monoisotopic (exact) mass is 393 g/mol. The van der Waals surface area contributed by atoms with Crippen LogP contribution in [-0.2, 0) is 22.1 Å². The van der Waals surface area contributed by atoms with Gasteiger partial charge in [-0.15, -0.1) is 0 Å². The Morgan fingerprint density at radius 2 is 1.36 bits per heavy atom. The lowest BCUT2D eigenvalue weighted by molar-refractivity contribution is 0.0705. The summed E-state index contributed by atoms with van der Waals surface area (Å²) in [6.45, 7) is 15.7. The molecule has 1 rings (SSSR count). The second kappa shape index (κ2) is 12.6. The minimum absolute atomic E-state index is 0.642. The number of hydrogen-bond donors (Lipinski definition) is 0. The first-order valence-electron chi connectivity index (χ1n) is 10.1. The van der Waals surface area contributed by atoms with Gasteiger partial charge in [-0.05, 0) is 67.0 Å². The number of rotatable bonds is 15. The number of hydrogen-bond acceptors (Lipinski definition) is 6. The van der Waals surface area contributed by atoms with Crippen molar-refractivity contribution in [3.05, 3.63) is 0 Å². The molecule has 0 aromatic carbocycles. The second-order valence-electron chi connectivity index (χ2n) is 6.11. The maximum absolute atomic E-state index is 6.13. The Balaban J connectivity index is 2.53. The molecule has 0 aromatic heterocycles. The van der Waals surface area contributed by atoms with E-state index in [-0.39, 0.29) is 0 Å². The summed E-state index contributed by atoms with van der Waals surface area (Å²) in [5.74, 6) is 0. The molecule has 0 radical (unpaired) electrons. The second-order valence-corrected chi connectivity index (χ2v) is 12.0. The lowest BCUT2D eigenvalue weighted by atomic mass is 10.3. The molecule has 1 aliphatic rings. The minimum Gasteiger partial charge on any atom is -0.383 e. The van der Waals surface area contributed by atoms with Crippen molar-refractivity contribution in [1.82, 2.24) is 4.57 Å². The SMILES string of the molecule is CCO[Si](CCCCN1CCC[Si]1(OCC)OCC)(OCC)OCC. The summed E-state index contributed by atoms with van der Waals surface area (Å²) in [7, 11) is -4.66. The van der Waals surface area contributed by atoms with E-state index in [0.29, 0.717) is 19.8 Å². The first-order chi connectivity index (χ1) is 12.1. The van der Waals surface area contributed by atoms with Crippen LogP contribution in [0.25, 0.3) is 0 Å². The summed E-state index contributed by atoms with van der Waals surface area (Å²) in [6, 6.07) is 1.97. The van der Waals surface area contributed by atoms with Gasteiger partial charge in [-0.3, -0.25) is 4.57 Å². The molecular weight excluding hydrogens is 354 g/mol.